The van der Waals surface area contributed by atoms with Crippen molar-refractivity contribution in [2.45, 2.75) is 26.2 Å². The first kappa shape index (κ1) is 14.4. The van der Waals surface area contributed by atoms with Crippen molar-refractivity contribution in [3.8, 4) is 5.69 Å². The lowest BCUT2D eigenvalue weighted by Gasteiger charge is -2.22. The summed E-state index contributed by atoms with van der Waals surface area (Å²) in [6, 6.07) is 12.5. The van der Waals surface area contributed by atoms with Gasteiger partial charge in [0.2, 0.25) is 0 Å². The van der Waals surface area contributed by atoms with Gasteiger partial charge in [0.05, 0.1) is 0 Å². The predicted molar refractivity (Wildman–Crippen MR) is 90.8 cm³/mol. The maximum absolute atomic E-state index is 5.64. The smallest absolute Gasteiger partial charge is 0.164 e. The number of fused-ring (bicyclic) bond motifs is 1. The lowest BCUT2D eigenvalue weighted by atomic mass is 9.98. The highest BCUT2D eigenvalue weighted by atomic mass is 16.5. The van der Waals surface area contributed by atoms with E-state index in [2.05, 4.69) is 40.7 Å². The van der Waals surface area contributed by atoms with E-state index in [0.29, 0.717) is 5.92 Å². The maximum Gasteiger partial charge on any atom is 0.164 e. The zero-order chi connectivity index (χ0) is 15.6. The highest BCUT2D eigenvalue weighted by Crippen LogP contribution is 2.24. The Morgan fingerprint density at radius 1 is 1.22 bits per heavy atom. The van der Waals surface area contributed by atoms with Crippen molar-refractivity contribution in [3.05, 3.63) is 54.0 Å². The quantitative estimate of drug-likeness (QED) is 0.741. The summed E-state index contributed by atoms with van der Waals surface area (Å²) >= 11 is 0. The molecule has 0 amide bonds. The molecule has 0 N–H and O–H groups in total. The fraction of sp³-hybridized carbons (Fsp3) is 0.368. The Labute approximate surface area is 136 Å². The molecule has 0 spiro atoms. The van der Waals surface area contributed by atoms with E-state index in [4.69, 9.17) is 9.72 Å². The van der Waals surface area contributed by atoms with Gasteiger partial charge in [-0.25, -0.2) is 9.97 Å². The number of aromatic nitrogens is 3. The number of pyridine rings is 1. The van der Waals surface area contributed by atoms with Crippen LogP contribution in [0, 0.1) is 12.8 Å². The van der Waals surface area contributed by atoms with E-state index in [0.717, 1.165) is 48.7 Å². The van der Waals surface area contributed by atoms with E-state index in [1.807, 2.05) is 18.3 Å². The monoisotopic (exact) mass is 307 g/mol. The van der Waals surface area contributed by atoms with Gasteiger partial charge in [-0.05, 0) is 49.9 Å². The standard InChI is InChI=1S/C19H21N3O/c1-14-6-8-16(9-7-14)22-18(12-15-4-3-11-23-13-15)21-17-5-2-10-20-19(17)22/h2,5-10,15H,3-4,11-13H2,1H3. The van der Waals surface area contributed by atoms with Gasteiger partial charge in [0.1, 0.15) is 11.3 Å². The molecule has 1 fully saturated rings. The molecule has 1 atom stereocenters. The molecule has 1 aliphatic rings. The van der Waals surface area contributed by atoms with Crippen molar-refractivity contribution in [2.24, 2.45) is 5.92 Å². The summed E-state index contributed by atoms with van der Waals surface area (Å²) < 4.78 is 7.83. The van der Waals surface area contributed by atoms with Crippen LogP contribution in [-0.4, -0.2) is 27.7 Å². The largest absolute Gasteiger partial charge is 0.381 e. The molecule has 3 heterocycles. The molecule has 4 nitrogen and oxygen atoms in total. The Hall–Kier alpha value is -2.20. The zero-order valence-electron chi connectivity index (χ0n) is 13.4. The van der Waals surface area contributed by atoms with E-state index in [1.54, 1.807) is 0 Å². The molecule has 1 unspecified atom stereocenters. The van der Waals surface area contributed by atoms with E-state index < -0.39 is 0 Å². The van der Waals surface area contributed by atoms with Gasteiger partial charge in [-0.3, -0.25) is 4.57 Å². The second-order valence-electron chi connectivity index (χ2n) is 6.33. The Balaban J connectivity index is 1.79. The first-order valence-electron chi connectivity index (χ1n) is 8.28. The van der Waals surface area contributed by atoms with Crippen LogP contribution >= 0.6 is 0 Å². The molecule has 0 bridgehead atoms. The van der Waals surface area contributed by atoms with Gasteiger partial charge in [-0.2, -0.15) is 0 Å². The normalized spacial score (nSPS) is 18.4. The first-order chi connectivity index (χ1) is 11.3. The third-order valence-electron chi connectivity index (χ3n) is 4.50. The fourth-order valence-corrected chi connectivity index (χ4v) is 3.29. The molecule has 118 valence electrons. The Bertz CT molecular complexity index is 801. The van der Waals surface area contributed by atoms with Crippen molar-refractivity contribution in [1.29, 1.82) is 0 Å². The molecular formula is C19H21N3O. The summed E-state index contributed by atoms with van der Waals surface area (Å²) in [6.45, 7) is 3.84. The minimum Gasteiger partial charge on any atom is -0.381 e. The van der Waals surface area contributed by atoms with Gasteiger partial charge >= 0.3 is 0 Å². The van der Waals surface area contributed by atoms with Crippen molar-refractivity contribution in [2.75, 3.05) is 13.2 Å². The van der Waals surface area contributed by atoms with Crippen LogP contribution in [-0.2, 0) is 11.2 Å². The number of rotatable bonds is 3. The van der Waals surface area contributed by atoms with Gasteiger partial charge in [0.25, 0.3) is 0 Å². The minimum atomic E-state index is 0.546. The fourth-order valence-electron chi connectivity index (χ4n) is 3.29. The number of imidazole rings is 1. The zero-order valence-corrected chi connectivity index (χ0v) is 13.4. The van der Waals surface area contributed by atoms with E-state index in [1.165, 1.54) is 12.0 Å². The van der Waals surface area contributed by atoms with Gasteiger partial charge in [-0.1, -0.05) is 17.7 Å². The average molecular weight is 307 g/mol. The molecule has 1 saturated heterocycles. The number of nitrogens with zero attached hydrogens (tertiary/aromatic N) is 3. The molecule has 0 saturated carbocycles. The van der Waals surface area contributed by atoms with Crippen LogP contribution in [0.25, 0.3) is 16.9 Å². The van der Waals surface area contributed by atoms with E-state index in [9.17, 15) is 0 Å². The van der Waals surface area contributed by atoms with Crippen LogP contribution in [0.5, 0.6) is 0 Å². The topological polar surface area (TPSA) is 39.9 Å². The van der Waals surface area contributed by atoms with Gasteiger partial charge in [-0.15, -0.1) is 0 Å². The minimum absolute atomic E-state index is 0.546. The van der Waals surface area contributed by atoms with Crippen LogP contribution in [0.15, 0.2) is 42.6 Å². The molecule has 3 aromatic rings. The SMILES string of the molecule is Cc1ccc(-n2c(CC3CCCOC3)nc3cccnc32)cc1. The van der Waals surface area contributed by atoms with Gasteiger partial charge < -0.3 is 4.74 Å². The van der Waals surface area contributed by atoms with Crippen LogP contribution in [0.2, 0.25) is 0 Å². The summed E-state index contributed by atoms with van der Waals surface area (Å²) in [7, 11) is 0. The lowest BCUT2D eigenvalue weighted by molar-refractivity contribution is 0.0542. The van der Waals surface area contributed by atoms with Crippen LogP contribution < -0.4 is 0 Å². The average Bonchev–Trinajstić information content (AvgIpc) is 2.94. The predicted octanol–water partition coefficient (Wildman–Crippen LogP) is 3.70. The highest BCUT2D eigenvalue weighted by Gasteiger charge is 2.20. The molecule has 4 heteroatoms. The Kier molecular flexibility index (Phi) is 3.83. The van der Waals surface area contributed by atoms with E-state index in [-0.39, 0.29) is 0 Å². The summed E-state index contributed by atoms with van der Waals surface area (Å²) in [6.07, 6.45) is 5.13. The number of benzene rings is 1. The third-order valence-corrected chi connectivity index (χ3v) is 4.50. The summed E-state index contributed by atoms with van der Waals surface area (Å²) in [4.78, 5) is 9.41. The molecule has 0 radical (unpaired) electrons. The number of ether oxygens (including phenoxy) is 1. The molecular weight excluding hydrogens is 286 g/mol. The second kappa shape index (κ2) is 6.13. The molecule has 4 rings (SSSR count). The second-order valence-corrected chi connectivity index (χ2v) is 6.33. The Morgan fingerprint density at radius 2 is 2.09 bits per heavy atom. The van der Waals surface area contributed by atoms with Crippen LogP contribution in [0.1, 0.15) is 24.2 Å². The number of hydrogen-bond donors (Lipinski definition) is 0. The summed E-state index contributed by atoms with van der Waals surface area (Å²) in [5.41, 5.74) is 4.28. The third kappa shape index (κ3) is 2.86. The van der Waals surface area contributed by atoms with Crippen molar-refractivity contribution in [3.63, 3.8) is 0 Å². The van der Waals surface area contributed by atoms with Crippen LogP contribution in [0.3, 0.4) is 0 Å². The van der Waals surface area contributed by atoms with Crippen molar-refractivity contribution < 1.29 is 4.74 Å². The first-order valence-corrected chi connectivity index (χ1v) is 8.28. The summed E-state index contributed by atoms with van der Waals surface area (Å²) in [5, 5.41) is 0. The Morgan fingerprint density at radius 3 is 2.87 bits per heavy atom. The molecule has 0 aliphatic carbocycles. The van der Waals surface area contributed by atoms with Crippen molar-refractivity contribution in [1.82, 2.24) is 14.5 Å². The number of aryl methyl sites for hydroxylation is 1. The molecule has 2 aromatic heterocycles. The van der Waals surface area contributed by atoms with Gasteiger partial charge in [0.15, 0.2) is 5.65 Å². The molecule has 1 aliphatic heterocycles. The van der Waals surface area contributed by atoms with Crippen LogP contribution in [0.4, 0.5) is 0 Å². The number of hydrogen-bond acceptors (Lipinski definition) is 3. The van der Waals surface area contributed by atoms with Crippen molar-refractivity contribution >= 4 is 11.2 Å². The lowest BCUT2D eigenvalue weighted by Crippen LogP contribution is -2.20. The van der Waals surface area contributed by atoms with Gasteiger partial charge in [0, 0.05) is 31.5 Å². The summed E-state index contributed by atoms with van der Waals surface area (Å²) in [5.74, 6) is 1.63. The van der Waals surface area contributed by atoms with E-state index >= 15 is 0 Å². The highest BCUT2D eigenvalue weighted by molar-refractivity contribution is 5.73. The maximum atomic E-state index is 5.64. The molecule has 1 aromatic carbocycles. The molecule has 23 heavy (non-hydrogen) atoms.